The van der Waals surface area contributed by atoms with Crippen molar-refractivity contribution in [2.45, 2.75) is 19.8 Å². The van der Waals surface area contributed by atoms with Crippen LogP contribution in [0.1, 0.15) is 19.8 Å². The van der Waals surface area contributed by atoms with Gasteiger partial charge in [0.2, 0.25) is 5.88 Å². The molecule has 2 rings (SSSR count). The predicted molar refractivity (Wildman–Crippen MR) is 52.1 cm³/mol. The van der Waals surface area contributed by atoms with Crippen molar-refractivity contribution >= 4 is 11.2 Å². The molecule has 0 unspecified atom stereocenters. The molecule has 74 valence electrons. The quantitative estimate of drug-likeness (QED) is 0.746. The first-order valence-corrected chi connectivity index (χ1v) is 4.68. The van der Waals surface area contributed by atoms with E-state index in [1.54, 1.807) is 6.33 Å². The first kappa shape index (κ1) is 8.93. The Morgan fingerprint density at radius 1 is 1.36 bits per heavy atom. The molecule has 0 spiro atoms. The highest BCUT2D eigenvalue weighted by Crippen LogP contribution is 2.16. The Balaban J connectivity index is 2.19. The second kappa shape index (κ2) is 4.04. The molecular formula is C9H12N4O. The summed E-state index contributed by atoms with van der Waals surface area (Å²) in [5.74, 6) is 0.560. The third-order valence-electron chi connectivity index (χ3n) is 1.92. The highest BCUT2D eigenvalue weighted by molar-refractivity contribution is 5.74. The van der Waals surface area contributed by atoms with Crippen molar-refractivity contribution in [1.29, 1.82) is 0 Å². The predicted octanol–water partition coefficient (Wildman–Crippen LogP) is 1.53. The van der Waals surface area contributed by atoms with Crippen molar-refractivity contribution in [3.8, 4) is 5.88 Å². The van der Waals surface area contributed by atoms with Gasteiger partial charge in [0.1, 0.15) is 6.33 Å². The summed E-state index contributed by atoms with van der Waals surface area (Å²) in [6.07, 6.45) is 5.19. The van der Waals surface area contributed by atoms with E-state index in [0.717, 1.165) is 12.8 Å². The number of fused-ring (bicyclic) bond motifs is 1. The molecule has 0 amide bonds. The molecule has 0 saturated carbocycles. The molecule has 0 aliphatic carbocycles. The van der Waals surface area contributed by atoms with E-state index in [2.05, 4.69) is 26.9 Å². The monoisotopic (exact) mass is 192 g/mol. The Kier molecular flexibility index (Phi) is 2.58. The smallest absolute Gasteiger partial charge is 0.245 e. The van der Waals surface area contributed by atoms with Crippen molar-refractivity contribution < 1.29 is 4.74 Å². The number of aromatic amines is 1. The van der Waals surface area contributed by atoms with Gasteiger partial charge in [-0.2, -0.15) is 4.98 Å². The number of H-pyrrole nitrogens is 1. The lowest BCUT2D eigenvalue weighted by Crippen LogP contribution is -1.99. The van der Waals surface area contributed by atoms with Gasteiger partial charge in [0, 0.05) is 0 Å². The summed E-state index contributed by atoms with van der Waals surface area (Å²) in [5, 5.41) is 0. The van der Waals surface area contributed by atoms with Crippen molar-refractivity contribution in [3.05, 3.63) is 12.7 Å². The number of nitrogens with one attached hydrogen (secondary N) is 1. The summed E-state index contributed by atoms with van der Waals surface area (Å²) in [4.78, 5) is 15.1. The zero-order chi connectivity index (χ0) is 9.80. The van der Waals surface area contributed by atoms with Gasteiger partial charge in [-0.1, -0.05) is 13.3 Å². The van der Waals surface area contributed by atoms with E-state index < -0.39 is 0 Å². The molecule has 0 aliphatic heterocycles. The summed E-state index contributed by atoms with van der Waals surface area (Å²) in [6.45, 7) is 2.79. The molecule has 0 bridgehead atoms. The number of nitrogens with zero attached hydrogens (tertiary/aromatic N) is 3. The number of hydrogen-bond acceptors (Lipinski definition) is 4. The van der Waals surface area contributed by atoms with Crippen LogP contribution in [0.4, 0.5) is 0 Å². The third-order valence-corrected chi connectivity index (χ3v) is 1.92. The largest absolute Gasteiger partial charge is 0.476 e. The van der Waals surface area contributed by atoms with E-state index in [1.807, 2.05) is 0 Å². The molecular weight excluding hydrogens is 180 g/mol. The molecule has 0 aliphatic rings. The molecule has 1 N–H and O–H groups in total. The molecule has 5 heteroatoms. The second-order valence-electron chi connectivity index (χ2n) is 2.98. The fraction of sp³-hybridized carbons (Fsp3) is 0.444. The maximum Gasteiger partial charge on any atom is 0.245 e. The Bertz CT molecular complexity index is 412. The summed E-state index contributed by atoms with van der Waals surface area (Å²) in [7, 11) is 0. The first-order chi connectivity index (χ1) is 6.92. The Labute approximate surface area is 81.6 Å². The van der Waals surface area contributed by atoms with E-state index in [1.165, 1.54) is 6.33 Å². The van der Waals surface area contributed by atoms with Crippen LogP contribution < -0.4 is 4.74 Å². The minimum absolute atomic E-state index is 0.560. The molecule has 0 aromatic carbocycles. The summed E-state index contributed by atoms with van der Waals surface area (Å²) < 4.78 is 5.48. The van der Waals surface area contributed by atoms with E-state index >= 15 is 0 Å². The van der Waals surface area contributed by atoms with E-state index in [9.17, 15) is 0 Å². The topological polar surface area (TPSA) is 63.7 Å². The van der Waals surface area contributed by atoms with Gasteiger partial charge in [0.05, 0.1) is 12.9 Å². The zero-order valence-electron chi connectivity index (χ0n) is 8.03. The average molecular weight is 192 g/mol. The lowest BCUT2D eigenvalue weighted by molar-refractivity contribution is 0.301. The zero-order valence-corrected chi connectivity index (χ0v) is 8.03. The van der Waals surface area contributed by atoms with Gasteiger partial charge in [-0.15, -0.1) is 0 Å². The summed E-state index contributed by atoms with van der Waals surface area (Å²) in [5.41, 5.74) is 1.41. The second-order valence-corrected chi connectivity index (χ2v) is 2.98. The number of rotatable bonds is 4. The van der Waals surface area contributed by atoms with Gasteiger partial charge in [0.15, 0.2) is 11.2 Å². The van der Waals surface area contributed by atoms with E-state index in [-0.39, 0.29) is 0 Å². The van der Waals surface area contributed by atoms with Gasteiger partial charge in [-0.25, -0.2) is 9.97 Å². The molecule has 5 nitrogen and oxygen atoms in total. The summed E-state index contributed by atoms with van der Waals surface area (Å²) >= 11 is 0. The van der Waals surface area contributed by atoms with Crippen LogP contribution in [-0.2, 0) is 0 Å². The van der Waals surface area contributed by atoms with Crippen molar-refractivity contribution in [3.63, 3.8) is 0 Å². The van der Waals surface area contributed by atoms with Crippen LogP contribution in [0.25, 0.3) is 11.2 Å². The Hall–Kier alpha value is -1.65. The maximum atomic E-state index is 5.48. The molecule has 2 aromatic heterocycles. The van der Waals surface area contributed by atoms with Crippen molar-refractivity contribution in [1.82, 2.24) is 19.9 Å². The fourth-order valence-corrected chi connectivity index (χ4v) is 1.16. The molecule has 0 atom stereocenters. The lowest BCUT2D eigenvalue weighted by atomic mass is 10.4. The van der Waals surface area contributed by atoms with Crippen LogP contribution in [0.15, 0.2) is 12.7 Å². The molecule has 2 aromatic rings. The van der Waals surface area contributed by atoms with Gasteiger partial charge in [0.25, 0.3) is 0 Å². The van der Waals surface area contributed by atoms with Crippen LogP contribution in [0.5, 0.6) is 5.88 Å². The SMILES string of the molecule is CCCCOc1ncnc2[nH]cnc12. The number of unbranched alkanes of at least 4 members (excludes halogenated alkanes) is 1. The van der Waals surface area contributed by atoms with Crippen molar-refractivity contribution in [2.75, 3.05) is 6.61 Å². The van der Waals surface area contributed by atoms with Crippen molar-refractivity contribution in [2.24, 2.45) is 0 Å². The van der Waals surface area contributed by atoms with Gasteiger partial charge in [-0.05, 0) is 6.42 Å². The van der Waals surface area contributed by atoms with Crippen LogP contribution >= 0.6 is 0 Å². The fourth-order valence-electron chi connectivity index (χ4n) is 1.16. The number of ether oxygens (including phenoxy) is 1. The standard InChI is InChI=1S/C9H12N4O/c1-2-3-4-14-9-7-8(11-5-10-7)12-6-13-9/h5-6H,2-4H2,1H3,(H,10,11,12,13). The normalized spacial score (nSPS) is 10.6. The highest BCUT2D eigenvalue weighted by atomic mass is 16.5. The Morgan fingerprint density at radius 2 is 2.29 bits per heavy atom. The van der Waals surface area contributed by atoms with Gasteiger partial charge >= 0.3 is 0 Å². The maximum absolute atomic E-state index is 5.48. The lowest BCUT2D eigenvalue weighted by Gasteiger charge is -2.03. The highest BCUT2D eigenvalue weighted by Gasteiger charge is 2.05. The van der Waals surface area contributed by atoms with Crippen LogP contribution in [-0.4, -0.2) is 26.5 Å². The molecule has 0 fully saturated rings. The molecule has 14 heavy (non-hydrogen) atoms. The van der Waals surface area contributed by atoms with E-state index in [0.29, 0.717) is 23.7 Å². The number of imidazole rings is 1. The number of hydrogen-bond donors (Lipinski definition) is 1. The van der Waals surface area contributed by atoms with Crippen LogP contribution in [0.2, 0.25) is 0 Å². The van der Waals surface area contributed by atoms with Gasteiger partial charge in [-0.3, -0.25) is 0 Å². The summed E-state index contributed by atoms with van der Waals surface area (Å²) in [6, 6.07) is 0. The molecule has 0 radical (unpaired) electrons. The van der Waals surface area contributed by atoms with E-state index in [4.69, 9.17) is 4.74 Å². The minimum atomic E-state index is 0.560. The molecule has 2 heterocycles. The number of aromatic nitrogens is 4. The first-order valence-electron chi connectivity index (χ1n) is 4.68. The minimum Gasteiger partial charge on any atom is -0.476 e. The van der Waals surface area contributed by atoms with Gasteiger partial charge < -0.3 is 9.72 Å². The third kappa shape index (κ3) is 1.66. The Morgan fingerprint density at radius 3 is 3.14 bits per heavy atom. The molecule has 0 saturated heterocycles. The van der Waals surface area contributed by atoms with Crippen LogP contribution in [0.3, 0.4) is 0 Å². The average Bonchev–Trinajstić information content (AvgIpc) is 2.67. The van der Waals surface area contributed by atoms with Crippen LogP contribution in [0, 0.1) is 0 Å².